The van der Waals surface area contributed by atoms with E-state index in [2.05, 4.69) is 116 Å². The van der Waals surface area contributed by atoms with E-state index in [9.17, 15) is 0 Å². The molecule has 0 radical (unpaired) electrons. The van der Waals surface area contributed by atoms with Crippen LogP contribution in [-0.4, -0.2) is 4.57 Å². The fraction of sp³-hybridized carbons (Fsp3) is 0. The van der Waals surface area contributed by atoms with Crippen LogP contribution < -0.4 is 4.90 Å². The lowest BCUT2D eigenvalue weighted by atomic mass is 10.1. The molecule has 1 aromatic heterocycles. The minimum atomic E-state index is 1.09. The molecule has 0 amide bonds. The average molecular weight is 411 g/mol. The summed E-state index contributed by atoms with van der Waals surface area (Å²) in [6.45, 7) is 0. The molecule has 0 aliphatic carbocycles. The quantitative estimate of drug-likeness (QED) is 0.275. The zero-order valence-electron chi connectivity index (χ0n) is 14.4. The van der Waals surface area contributed by atoms with Crippen LogP contribution >= 0.6 is 15.9 Å². The van der Waals surface area contributed by atoms with E-state index in [1.165, 1.54) is 44.6 Å². The van der Waals surface area contributed by atoms with E-state index in [4.69, 9.17) is 0 Å². The van der Waals surface area contributed by atoms with Gasteiger partial charge < -0.3 is 9.47 Å². The van der Waals surface area contributed by atoms with Crippen molar-refractivity contribution in [3.63, 3.8) is 0 Å². The molecule has 6 rings (SSSR count). The predicted octanol–water partition coefficient (Wildman–Crippen LogP) is 7.33. The molecule has 1 aliphatic rings. The molecule has 0 saturated carbocycles. The van der Waals surface area contributed by atoms with Crippen LogP contribution in [0.25, 0.3) is 27.5 Å². The highest BCUT2D eigenvalue weighted by atomic mass is 79.9. The van der Waals surface area contributed by atoms with E-state index in [-0.39, 0.29) is 0 Å². The van der Waals surface area contributed by atoms with Gasteiger partial charge in [0.05, 0.1) is 28.1 Å². The Balaban J connectivity index is 1.87. The van der Waals surface area contributed by atoms with E-state index >= 15 is 0 Å². The summed E-state index contributed by atoms with van der Waals surface area (Å²) in [5, 5.41) is 2.55. The molecule has 0 spiro atoms. The lowest BCUT2D eigenvalue weighted by Gasteiger charge is -2.33. The van der Waals surface area contributed by atoms with Crippen molar-refractivity contribution in [2.24, 2.45) is 0 Å². The number of aromatic nitrogens is 1. The number of nitrogens with zero attached hydrogens (tertiary/aromatic N) is 2. The molecule has 1 aliphatic heterocycles. The van der Waals surface area contributed by atoms with Crippen LogP contribution in [-0.2, 0) is 0 Å². The molecule has 0 unspecified atom stereocenters. The third-order valence-corrected chi connectivity index (χ3v) is 5.79. The molecule has 2 nitrogen and oxygen atoms in total. The van der Waals surface area contributed by atoms with Gasteiger partial charge in [-0.1, -0.05) is 64.5 Å². The van der Waals surface area contributed by atoms with Crippen LogP contribution in [0.5, 0.6) is 0 Å². The fourth-order valence-corrected chi connectivity index (χ4v) is 4.74. The standard InChI is InChI=1S/C24H15BrN2/c25-16-14-19-18-10-4-5-11-20(18)27-22-13-7-6-12-21(22)26(23(15-16)24(19)27)17-8-2-1-3-9-17/h1-15H. The summed E-state index contributed by atoms with van der Waals surface area (Å²) in [5.74, 6) is 0. The fourth-order valence-electron chi connectivity index (χ4n) is 4.29. The molecule has 4 aromatic carbocycles. The molecule has 128 valence electrons. The van der Waals surface area contributed by atoms with Crippen LogP contribution in [0.1, 0.15) is 0 Å². The molecule has 3 heteroatoms. The maximum absolute atomic E-state index is 3.75. The minimum Gasteiger partial charge on any atom is -0.306 e. The number of benzene rings is 4. The molecule has 0 saturated heterocycles. The highest BCUT2D eigenvalue weighted by Gasteiger charge is 2.28. The zero-order chi connectivity index (χ0) is 18.0. The number of halogens is 1. The highest BCUT2D eigenvalue weighted by molar-refractivity contribution is 9.10. The molecule has 27 heavy (non-hydrogen) atoms. The summed E-state index contributed by atoms with van der Waals surface area (Å²) >= 11 is 3.75. The first-order valence-corrected chi connectivity index (χ1v) is 9.79. The van der Waals surface area contributed by atoms with Gasteiger partial charge in [-0.15, -0.1) is 0 Å². The number of para-hydroxylation sites is 4. The Labute approximate surface area is 165 Å². The Morgan fingerprint density at radius 2 is 1.30 bits per heavy atom. The SMILES string of the molecule is Brc1cc2c3c(c1)c1ccccc1n3-c1ccccc1N2c1ccccc1. The number of hydrogen-bond acceptors (Lipinski definition) is 1. The second-order valence-corrected chi connectivity index (χ2v) is 7.75. The summed E-state index contributed by atoms with van der Waals surface area (Å²) in [7, 11) is 0. The topological polar surface area (TPSA) is 8.17 Å². The van der Waals surface area contributed by atoms with Crippen LogP contribution in [0.4, 0.5) is 17.1 Å². The number of hydrogen-bond donors (Lipinski definition) is 0. The first-order chi connectivity index (χ1) is 13.3. The van der Waals surface area contributed by atoms with Crippen LogP contribution in [0.2, 0.25) is 0 Å². The average Bonchev–Trinajstić information content (AvgIpc) is 3.04. The largest absolute Gasteiger partial charge is 0.306 e. The van der Waals surface area contributed by atoms with Crippen molar-refractivity contribution in [2.45, 2.75) is 0 Å². The van der Waals surface area contributed by atoms with Gasteiger partial charge in [-0.05, 0) is 42.5 Å². The van der Waals surface area contributed by atoms with Gasteiger partial charge in [0.2, 0.25) is 0 Å². The second-order valence-electron chi connectivity index (χ2n) is 6.83. The first kappa shape index (κ1) is 15.1. The second kappa shape index (κ2) is 5.48. The Kier molecular flexibility index (Phi) is 3.06. The normalized spacial score (nSPS) is 12.6. The number of rotatable bonds is 1. The van der Waals surface area contributed by atoms with E-state index < -0.39 is 0 Å². The molecular formula is C24H15BrN2. The number of anilines is 3. The van der Waals surface area contributed by atoms with Crippen molar-refractivity contribution >= 4 is 54.8 Å². The van der Waals surface area contributed by atoms with Crippen LogP contribution in [0, 0.1) is 0 Å². The third-order valence-electron chi connectivity index (χ3n) is 5.33. The van der Waals surface area contributed by atoms with E-state index in [0.29, 0.717) is 0 Å². The van der Waals surface area contributed by atoms with E-state index in [1.807, 2.05) is 0 Å². The van der Waals surface area contributed by atoms with Gasteiger partial charge in [0.1, 0.15) is 0 Å². The summed E-state index contributed by atoms with van der Waals surface area (Å²) in [5.41, 5.74) is 7.26. The van der Waals surface area contributed by atoms with Gasteiger partial charge in [-0.3, -0.25) is 0 Å². The Morgan fingerprint density at radius 1 is 0.593 bits per heavy atom. The smallest absolute Gasteiger partial charge is 0.0784 e. The molecule has 0 bridgehead atoms. The van der Waals surface area contributed by atoms with Gasteiger partial charge in [0, 0.05) is 20.9 Å². The summed E-state index contributed by atoms with van der Waals surface area (Å²) in [6, 6.07) is 32.3. The lowest BCUT2D eigenvalue weighted by molar-refractivity contribution is 1.11. The van der Waals surface area contributed by atoms with Crippen molar-refractivity contribution in [1.29, 1.82) is 0 Å². The maximum atomic E-state index is 3.75. The van der Waals surface area contributed by atoms with Crippen molar-refractivity contribution in [3.05, 3.63) is 95.5 Å². The molecule has 2 heterocycles. The molecule has 0 atom stereocenters. The molecule has 0 N–H and O–H groups in total. The molecular weight excluding hydrogens is 396 g/mol. The van der Waals surface area contributed by atoms with Gasteiger partial charge in [-0.25, -0.2) is 0 Å². The Hall–Kier alpha value is -3.04. The predicted molar refractivity (Wildman–Crippen MR) is 117 cm³/mol. The van der Waals surface area contributed by atoms with Crippen molar-refractivity contribution in [1.82, 2.24) is 4.57 Å². The van der Waals surface area contributed by atoms with Crippen LogP contribution in [0.15, 0.2) is 95.5 Å². The van der Waals surface area contributed by atoms with Crippen molar-refractivity contribution in [3.8, 4) is 5.69 Å². The molecule has 5 aromatic rings. The van der Waals surface area contributed by atoms with Gasteiger partial charge in [0.15, 0.2) is 0 Å². The summed E-state index contributed by atoms with van der Waals surface area (Å²) in [4.78, 5) is 2.36. The first-order valence-electron chi connectivity index (χ1n) is 9.00. The number of fused-ring (bicyclic) bond motifs is 5. The third kappa shape index (κ3) is 2.00. The summed E-state index contributed by atoms with van der Waals surface area (Å²) in [6.07, 6.45) is 0. The lowest BCUT2D eigenvalue weighted by Crippen LogP contribution is -2.18. The zero-order valence-corrected chi connectivity index (χ0v) is 16.0. The Bertz CT molecular complexity index is 1340. The Morgan fingerprint density at radius 3 is 2.15 bits per heavy atom. The molecule has 0 fully saturated rings. The van der Waals surface area contributed by atoms with Gasteiger partial charge in [-0.2, -0.15) is 0 Å². The minimum absolute atomic E-state index is 1.09. The van der Waals surface area contributed by atoms with E-state index in [1.54, 1.807) is 0 Å². The monoisotopic (exact) mass is 410 g/mol. The van der Waals surface area contributed by atoms with Gasteiger partial charge >= 0.3 is 0 Å². The van der Waals surface area contributed by atoms with Gasteiger partial charge in [0.25, 0.3) is 0 Å². The maximum Gasteiger partial charge on any atom is 0.0784 e. The van der Waals surface area contributed by atoms with Crippen molar-refractivity contribution < 1.29 is 0 Å². The van der Waals surface area contributed by atoms with Crippen molar-refractivity contribution in [2.75, 3.05) is 4.90 Å². The van der Waals surface area contributed by atoms with Crippen LogP contribution in [0.3, 0.4) is 0 Å². The summed E-state index contributed by atoms with van der Waals surface area (Å²) < 4.78 is 3.49. The highest BCUT2D eigenvalue weighted by Crippen LogP contribution is 2.50. The van der Waals surface area contributed by atoms with E-state index in [0.717, 1.165) is 4.47 Å².